The molecule has 107 heavy (non-hydrogen) atoms. The lowest BCUT2D eigenvalue weighted by Gasteiger charge is -2.45. The molecule has 0 bridgehead atoms. The Morgan fingerprint density at radius 1 is 0.617 bits per heavy atom. The zero-order chi connectivity index (χ0) is 78.5. The molecule has 3 aliphatic carbocycles. The van der Waals surface area contributed by atoms with E-state index in [9.17, 15) is 32.3 Å². The van der Waals surface area contributed by atoms with Crippen molar-refractivity contribution in [1.82, 2.24) is 60.0 Å². The summed E-state index contributed by atoms with van der Waals surface area (Å²) < 4.78 is 42.0. The van der Waals surface area contributed by atoms with Gasteiger partial charge in [-0.15, -0.1) is 0 Å². The third-order valence-electron chi connectivity index (χ3n) is 23.9. The van der Waals surface area contributed by atoms with E-state index >= 15 is 38.4 Å². The summed E-state index contributed by atoms with van der Waals surface area (Å²) in [7, 11) is 10.1. The minimum absolute atomic E-state index is 0.00701. The minimum atomic E-state index is -4.78. The molecule has 0 aromatic heterocycles. The van der Waals surface area contributed by atoms with Crippen LogP contribution in [0.2, 0.25) is 5.02 Å². The first kappa shape index (κ1) is 84.8. The van der Waals surface area contributed by atoms with Crippen molar-refractivity contribution in [2.24, 2.45) is 23.7 Å². The number of hydrogen-bond acceptors (Lipinski definition) is 12. The van der Waals surface area contributed by atoms with Crippen LogP contribution in [-0.2, 0) is 76.6 Å². The Kier molecular flexibility index (Phi) is 29.7. The topological polar surface area (TPSA) is 270 Å². The molecule has 6 fully saturated rings. The molecule has 3 heterocycles. The Morgan fingerprint density at radius 3 is 1.82 bits per heavy atom. The Bertz CT molecular complexity index is 3510. The molecule has 3 N–H and O–H groups in total. The van der Waals surface area contributed by atoms with Crippen molar-refractivity contribution >= 4 is 82.5 Å². The number of nitrogens with zero attached hydrogens (tertiary/aromatic N) is 9. The van der Waals surface area contributed by atoms with Crippen LogP contribution in [-0.4, -0.2) is 250 Å². The first-order chi connectivity index (χ1) is 50.6. The average Bonchev–Trinajstić information content (AvgIpc) is 1.76. The van der Waals surface area contributed by atoms with Gasteiger partial charge in [-0.1, -0.05) is 140 Å². The highest BCUT2D eigenvalue weighted by molar-refractivity contribution is 6.31. The molecule has 2 aromatic rings. The van der Waals surface area contributed by atoms with Crippen LogP contribution in [0.1, 0.15) is 193 Å². The molecule has 12 amide bonds. The van der Waals surface area contributed by atoms with Gasteiger partial charge in [0.2, 0.25) is 70.9 Å². The second-order valence-corrected chi connectivity index (χ2v) is 32.2. The lowest BCUT2D eigenvalue weighted by atomic mass is 9.84. The van der Waals surface area contributed by atoms with Crippen molar-refractivity contribution in [2.45, 2.75) is 255 Å². The molecule has 3 saturated carbocycles. The van der Waals surface area contributed by atoms with Gasteiger partial charge in [-0.3, -0.25) is 57.5 Å². The van der Waals surface area contributed by atoms with E-state index in [2.05, 4.69) is 16.0 Å². The summed E-state index contributed by atoms with van der Waals surface area (Å²) >= 11 is 6.22. The van der Waals surface area contributed by atoms with E-state index < -0.39 is 172 Å². The number of carbonyl (C=O) groups excluding carboxylic acids is 12. The molecule has 28 heteroatoms. The molecule has 2 aromatic carbocycles. The number of likely N-dealkylation sites (tertiary alicyclic amines) is 1. The first-order valence-electron chi connectivity index (χ1n) is 38.9. The lowest BCUT2D eigenvalue weighted by molar-refractivity contribution is -0.160. The van der Waals surface area contributed by atoms with Crippen LogP contribution >= 0.6 is 11.6 Å². The predicted octanol–water partition coefficient (Wildman–Crippen LogP) is 7.64. The molecule has 8 rings (SSSR count). The Balaban J connectivity index is 1.22. The predicted molar refractivity (Wildman–Crippen MR) is 398 cm³/mol. The normalized spacial score (nSPS) is 27.1. The molecule has 6 aliphatic rings. The minimum Gasteiger partial charge on any atom is -0.343 e. The van der Waals surface area contributed by atoms with Gasteiger partial charge in [-0.05, 0) is 131 Å². The summed E-state index contributed by atoms with van der Waals surface area (Å²) in [6.07, 6.45) is 5.44. The highest BCUT2D eigenvalue weighted by Crippen LogP contribution is 2.39. The molecule has 1 spiro atoms. The summed E-state index contributed by atoms with van der Waals surface area (Å²) in [5.74, 6) is -8.85. The molecule has 3 aliphatic heterocycles. The number of likely N-dealkylation sites (N-methyl/N-ethyl adjacent to an activating group) is 7. The molecule has 0 unspecified atom stereocenters. The van der Waals surface area contributed by atoms with Crippen molar-refractivity contribution in [3.63, 3.8) is 0 Å². The van der Waals surface area contributed by atoms with Crippen LogP contribution in [0.15, 0.2) is 48.5 Å². The molecule has 0 radical (unpaired) electrons. The Labute approximate surface area is 634 Å². The van der Waals surface area contributed by atoms with Gasteiger partial charge in [-0.25, -0.2) is 0 Å². The number of aryl methyl sites for hydroxylation is 1. The third-order valence-corrected chi connectivity index (χ3v) is 24.2. The summed E-state index contributed by atoms with van der Waals surface area (Å²) in [4.78, 5) is 195. The zero-order valence-electron chi connectivity index (χ0n) is 64.9. The van der Waals surface area contributed by atoms with Gasteiger partial charge in [0.25, 0.3) is 0 Å². The number of halogens is 4. The molecule has 10 atom stereocenters. The molecular weight excluding hydrogens is 1400 g/mol. The average molecular weight is 1520 g/mol. The molecule has 3 saturated heterocycles. The van der Waals surface area contributed by atoms with Gasteiger partial charge in [0.05, 0.1) is 23.6 Å². The number of alkyl halides is 3. The highest BCUT2D eigenvalue weighted by atomic mass is 35.5. The summed E-state index contributed by atoms with van der Waals surface area (Å²) in [5, 5.41) is 8.27. The van der Waals surface area contributed by atoms with Gasteiger partial charge >= 0.3 is 6.18 Å². The van der Waals surface area contributed by atoms with Crippen molar-refractivity contribution in [3.05, 3.63) is 70.2 Å². The third kappa shape index (κ3) is 20.6. The highest BCUT2D eigenvalue weighted by Gasteiger charge is 2.52. The second-order valence-electron chi connectivity index (χ2n) is 31.7. The second kappa shape index (κ2) is 37.5. The number of fused-ring (bicyclic) bond motifs is 1. The maximum absolute atomic E-state index is 15.9. The Morgan fingerprint density at radius 2 is 1.23 bits per heavy atom. The van der Waals surface area contributed by atoms with Crippen LogP contribution in [0.4, 0.5) is 13.2 Å². The van der Waals surface area contributed by atoms with Crippen LogP contribution < -0.4 is 16.0 Å². The largest absolute Gasteiger partial charge is 0.417 e. The maximum atomic E-state index is 15.9. The Hall–Kier alpha value is -7.84. The van der Waals surface area contributed by atoms with Crippen LogP contribution in [0.5, 0.6) is 0 Å². The molecular formula is C79H116ClF3N12O12. The van der Waals surface area contributed by atoms with Crippen molar-refractivity contribution in [2.75, 3.05) is 75.5 Å². The first-order valence-corrected chi connectivity index (χ1v) is 39.2. The summed E-state index contributed by atoms with van der Waals surface area (Å²) in [6.45, 7) is 9.13. The quantitative estimate of drug-likeness (QED) is 0.175. The molecule has 24 nitrogen and oxygen atoms in total. The van der Waals surface area contributed by atoms with Crippen LogP contribution in [0.3, 0.4) is 0 Å². The van der Waals surface area contributed by atoms with Gasteiger partial charge < -0.3 is 60.0 Å². The summed E-state index contributed by atoms with van der Waals surface area (Å²) in [5.41, 5.74) is -1.84. The maximum Gasteiger partial charge on any atom is 0.417 e. The number of rotatable bonds is 13. The standard InChI is InChI=1S/C79H116ClF3N12O12/c1-13-50(4)66-75(105)88(7)51(5)70(100)95-42-37-59(95)73(103)91(10)62(46-53-29-19-15-20-30-53)72(102)87(6)48-64(96)84-58(36-34-54-33-35-56(57(80)44-54)79(81,82)83)71(101)90(9)61(45-52-27-17-14-18-28-52)69(99)86-78(38-23-24-39-78)77(107)93(12)67(55-31-21-22-32-55)76(106)92(11)63(74(104)94-40-25-16-26-41-94)47-65(97)89(8)60(43-49(2)3)68(98)85-66/h14,17-18,27-28,33,35,44,49-51,53,55,58-63,66-67H,13,15-16,19-26,29-32,34,36-43,45-48H2,1-12H3,(H,84,96)(H,85,98)(H,86,99)/t50-,51-,58-,59-,60-,61+,62-,63-,66-,67-/m0/s1. The van der Waals surface area contributed by atoms with E-state index in [1.807, 2.05) is 20.8 Å². The number of hydrogen-bond donors (Lipinski definition) is 3. The van der Waals surface area contributed by atoms with E-state index in [1.54, 1.807) is 42.2 Å². The van der Waals surface area contributed by atoms with Gasteiger partial charge in [-0.2, -0.15) is 13.2 Å². The van der Waals surface area contributed by atoms with Gasteiger partial charge in [0.1, 0.15) is 59.9 Å². The fourth-order valence-corrected chi connectivity index (χ4v) is 17.0. The number of piperidine rings is 1. The zero-order valence-corrected chi connectivity index (χ0v) is 65.6. The van der Waals surface area contributed by atoms with E-state index in [4.69, 9.17) is 11.6 Å². The van der Waals surface area contributed by atoms with E-state index in [1.165, 1.54) is 91.7 Å². The fourth-order valence-electron chi connectivity index (χ4n) is 16.7. The number of carbonyl (C=O) groups is 12. The van der Waals surface area contributed by atoms with Crippen LogP contribution in [0, 0.1) is 23.7 Å². The molecule has 592 valence electrons. The summed E-state index contributed by atoms with van der Waals surface area (Å²) in [6, 6.07) is 0.635. The monoisotopic (exact) mass is 1520 g/mol. The number of benzene rings is 2. The van der Waals surface area contributed by atoms with E-state index in [-0.39, 0.29) is 75.3 Å². The fraction of sp³-hybridized carbons (Fsp3) is 0.696. The number of amides is 12. The van der Waals surface area contributed by atoms with Crippen molar-refractivity contribution < 1.29 is 70.7 Å². The van der Waals surface area contributed by atoms with E-state index in [0.29, 0.717) is 63.6 Å². The van der Waals surface area contributed by atoms with Crippen LogP contribution in [0.25, 0.3) is 0 Å². The van der Waals surface area contributed by atoms with Gasteiger partial charge in [0.15, 0.2) is 0 Å². The van der Waals surface area contributed by atoms with Gasteiger partial charge in [0, 0.05) is 75.4 Å². The van der Waals surface area contributed by atoms with Crippen molar-refractivity contribution in [1.29, 1.82) is 0 Å². The van der Waals surface area contributed by atoms with Crippen molar-refractivity contribution in [3.8, 4) is 0 Å². The lowest BCUT2D eigenvalue weighted by Crippen LogP contribution is -2.65. The smallest absolute Gasteiger partial charge is 0.343 e. The SMILES string of the molecule is CC[C@H](C)[C@@H]1NC(=O)[C@H](CC(C)C)N(C)C(=O)C[C@@H](C(=O)N2CCCCC2)N(C)C(=O)[C@H](C2CCCC2)N(C)C(=O)C2(CCCC2)NC(=O)[C@@H](Cc2ccccc2)N(C)C(=O)[C@H](CCc2ccc(C(F)(F)F)c(Cl)c2)NC(=O)CN(C)C(=O)[C@H](CC2CCCCC2)N(C)C(=O)[C@@H]2CCN2C(=O)[C@H](C)N(C)C1=O. The number of nitrogens with one attached hydrogen (secondary N) is 3. The van der Waals surface area contributed by atoms with E-state index in [0.717, 1.165) is 73.3 Å².